The Morgan fingerprint density at radius 2 is 2.05 bits per heavy atom. The van der Waals surface area contributed by atoms with E-state index in [1.165, 1.54) is 25.3 Å². The summed E-state index contributed by atoms with van der Waals surface area (Å²) in [7, 11) is -2.23. The van der Waals surface area contributed by atoms with Gasteiger partial charge in [-0.15, -0.1) is 0 Å². The largest absolute Gasteiger partial charge is 0.482 e. The summed E-state index contributed by atoms with van der Waals surface area (Å²) in [6, 6.07) is 4.50. The predicted octanol–water partition coefficient (Wildman–Crippen LogP) is 1.63. The number of hydrogen-bond donors (Lipinski definition) is 1. The van der Waals surface area contributed by atoms with Gasteiger partial charge in [0.25, 0.3) is 0 Å². The van der Waals surface area contributed by atoms with Crippen molar-refractivity contribution in [3.05, 3.63) is 23.8 Å². The van der Waals surface area contributed by atoms with Crippen molar-refractivity contribution in [3.63, 3.8) is 0 Å². The normalized spacial score (nSPS) is 11.2. The lowest BCUT2D eigenvalue weighted by molar-refractivity contribution is -0.142. The quantitative estimate of drug-likeness (QED) is 0.582. The first-order valence-corrected chi connectivity index (χ1v) is 8.19. The molecule has 118 valence electrons. The van der Waals surface area contributed by atoms with Crippen LogP contribution in [0, 0.1) is 6.92 Å². The number of carbonyl (C=O) groups excluding carboxylic acids is 1. The molecule has 1 rings (SSSR count). The summed E-state index contributed by atoms with van der Waals surface area (Å²) in [4.78, 5) is 11.2. The number of aryl methyl sites for hydroxylation is 1. The fraction of sp³-hybridized carbons (Fsp3) is 0.500. The molecule has 0 bridgehead atoms. The minimum atomic E-state index is -3.50. The van der Waals surface area contributed by atoms with Gasteiger partial charge in [0, 0.05) is 6.54 Å². The van der Waals surface area contributed by atoms with E-state index in [1.54, 1.807) is 6.92 Å². The van der Waals surface area contributed by atoms with E-state index in [9.17, 15) is 13.2 Å². The van der Waals surface area contributed by atoms with Gasteiger partial charge in [-0.05, 0) is 37.1 Å². The Balaban J connectivity index is 2.79. The van der Waals surface area contributed by atoms with Gasteiger partial charge in [-0.3, -0.25) is 0 Å². The lowest BCUT2D eigenvalue weighted by atomic mass is 10.2. The minimum absolute atomic E-state index is 0.182. The van der Waals surface area contributed by atoms with Crippen molar-refractivity contribution in [2.24, 2.45) is 0 Å². The molecule has 6 nitrogen and oxygen atoms in total. The molecule has 0 amide bonds. The number of carbonyl (C=O) groups is 1. The van der Waals surface area contributed by atoms with Crippen LogP contribution in [-0.2, 0) is 19.6 Å². The second-order valence-electron chi connectivity index (χ2n) is 4.54. The molecular weight excluding hydrogens is 294 g/mol. The number of ether oxygens (including phenoxy) is 2. The number of sulfonamides is 1. The number of hydrogen-bond acceptors (Lipinski definition) is 5. The molecule has 1 aromatic carbocycles. The SMILES string of the molecule is CCCCNS(=O)(=O)c1ccc(OCC(=O)OC)c(C)c1. The molecule has 0 heterocycles. The zero-order valence-corrected chi connectivity index (χ0v) is 13.3. The van der Waals surface area contributed by atoms with Gasteiger partial charge in [-0.2, -0.15) is 0 Å². The van der Waals surface area contributed by atoms with Crippen LogP contribution in [0.15, 0.2) is 23.1 Å². The molecule has 7 heteroatoms. The summed E-state index contributed by atoms with van der Waals surface area (Å²) >= 11 is 0. The van der Waals surface area contributed by atoms with Crippen LogP contribution in [-0.4, -0.2) is 34.6 Å². The standard InChI is InChI=1S/C14H21NO5S/c1-4-5-8-15-21(17,18)12-6-7-13(11(2)9-12)20-10-14(16)19-3/h6-7,9,15H,4-5,8,10H2,1-3H3. The lowest BCUT2D eigenvalue weighted by Gasteiger charge is -2.11. The number of methoxy groups -OCH3 is 1. The Morgan fingerprint density at radius 1 is 1.33 bits per heavy atom. The molecule has 21 heavy (non-hydrogen) atoms. The number of rotatable bonds is 8. The molecule has 1 aromatic rings. The second-order valence-corrected chi connectivity index (χ2v) is 6.31. The highest BCUT2D eigenvalue weighted by atomic mass is 32.2. The molecule has 1 N–H and O–H groups in total. The molecule has 0 saturated carbocycles. The van der Waals surface area contributed by atoms with Gasteiger partial charge in [-0.25, -0.2) is 17.9 Å². The molecule has 0 unspecified atom stereocenters. The van der Waals surface area contributed by atoms with Gasteiger partial charge in [0.15, 0.2) is 6.61 Å². The van der Waals surface area contributed by atoms with Crippen molar-refractivity contribution in [2.75, 3.05) is 20.3 Å². The first-order chi connectivity index (χ1) is 9.90. The zero-order chi connectivity index (χ0) is 15.9. The smallest absolute Gasteiger partial charge is 0.343 e. The van der Waals surface area contributed by atoms with E-state index in [1.807, 2.05) is 6.92 Å². The Labute approximate surface area is 125 Å². The van der Waals surface area contributed by atoms with Crippen LogP contribution >= 0.6 is 0 Å². The predicted molar refractivity (Wildman–Crippen MR) is 78.8 cm³/mol. The van der Waals surface area contributed by atoms with Crippen LogP contribution in [0.3, 0.4) is 0 Å². The molecule has 0 radical (unpaired) electrons. The van der Waals surface area contributed by atoms with Crippen molar-refractivity contribution >= 4 is 16.0 Å². The lowest BCUT2D eigenvalue weighted by Crippen LogP contribution is -2.24. The van der Waals surface area contributed by atoms with Crippen molar-refractivity contribution in [3.8, 4) is 5.75 Å². The number of nitrogens with one attached hydrogen (secondary N) is 1. The van der Waals surface area contributed by atoms with Gasteiger partial charge in [0.05, 0.1) is 12.0 Å². The molecule has 0 aliphatic rings. The maximum absolute atomic E-state index is 12.1. The summed E-state index contributed by atoms with van der Waals surface area (Å²) in [6.07, 6.45) is 1.71. The number of benzene rings is 1. The van der Waals surface area contributed by atoms with E-state index < -0.39 is 16.0 Å². The molecule has 0 aliphatic carbocycles. The summed E-state index contributed by atoms with van der Waals surface area (Å²) in [5, 5.41) is 0. The maximum Gasteiger partial charge on any atom is 0.343 e. The topological polar surface area (TPSA) is 81.7 Å². The first-order valence-electron chi connectivity index (χ1n) is 6.70. The number of unbranched alkanes of at least 4 members (excludes halogenated alkanes) is 1. The van der Waals surface area contributed by atoms with Crippen LogP contribution in [0.4, 0.5) is 0 Å². The highest BCUT2D eigenvalue weighted by molar-refractivity contribution is 7.89. The van der Waals surface area contributed by atoms with E-state index in [-0.39, 0.29) is 11.5 Å². The van der Waals surface area contributed by atoms with Crippen molar-refractivity contribution < 1.29 is 22.7 Å². The second kappa shape index (κ2) is 7.99. The van der Waals surface area contributed by atoms with Crippen LogP contribution in [0.1, 0.15) is 25.3 Å². The number of esters is 1. The average molecular weight is 315 g/mol. The third kappa shape index (κ3) is 5.35. The van der Waals surface area contributed by atoms with Crippen LogP contribution < -0.4 is 9.46 Å². The summed E-state index contributed by atoms with van der Waals surface area (Å²) < 4.78 is 36.4. The highest BCUT2D eigenvalue weighted by Gasteiger charge is 2.15. The molecule has 0 atom stereocenters. The summed E-state index contributed by atoms with van der Waals surface area (Å²) in [5.74, 6) is -0.0414. The average Bonchev–Trinajstić information content (AvgIpc) is 2.45. The van der Waals surface area contributed by atoms with Gasteiger partial charge in [0.2, 0.25) is 10.0 Å². The first kappa shape index (κ1) is 17.5. The highest BCUT2D eigenvalue weighted by Crippen LogP contribution is 2.21. The van der Waals surface area contributed by atoms with Crippen molar-refractivity contribution in [2.45, 2.75) is 31.6 Å². The fourth-order valence-electron chi connectivity index (χ4n) is 1.61. The molecule has 0 saturated heterocycles. The maximum atomic E-state index is 12.1. The zero-order valence-electron chi connectivity index (χ0n) is 12.5. The Kier molecular flexibility index (Phi) is 6.64. The van der Waals surface area contributed by atoms with Crippen molar-refractivity contribution in [1.29, 1.82) is 0 Å². The van der Waals surface area contributed by atoms with Crippen LogP contribution in [0.2, 0.25) is 0 Å². The Hall–Kier alpha value is -1.60. The van der Waals surface area contributed by atoms with E-state index in [0.717, 1.165) is 12.8 Å². The fourth-order valence-corrected chi connectivity index (χ4v) is 2.77. The van der Waals surface area contributed by atoms with Crippen LogP contribution in [0.25, 0.3) is 0 Å². The summed E-state index contributed by atoms with van der Waals surface area (Å²) in [5.41, 5.74) is 0.636. The third-order valence-corrected chi connectivity index (χ3v) is 4.31. The van der Waals surface area contributed by atoms with E-state index in [0.29, 0.717) is 17.9 Å². The Bertz CT molecular complexity index is 583. The monoisotopic (exact) mass is 315 g/mol. The van der Waals surface area contributed by atoms with E-state index >= 15 is 0 Å². The van der Waals surface area contributed by atoms with Crippen LogP contribution in [0.5, 0.6) is 5.75 Å². The molecular formula is C14H21NO5S. The van der Waals surface area contributed by atoms with E-state index in [4.69, 9.17) is 4.74 Å². The molecule has 0 aliphatic heterocycles. The van der Waals surface area contributed by atoms with E-state index in [2.05, 4.69) is 9.46 Å². The van der Waals surface area contributed by atoms with Gasteiger partial charge < -0.3 is 9.47 Å². The van der Waals surface area contributed by atoms with Gasteiger partial charge >= 0.3 is 5.97 Å². The molecule has 0 aromatic heterocycles. The molecule has 0 spiro atoms. The van der Waals surface area contributed by atoms with Gasteiger partial charge in [0.1, 0.15) is 5.75 Å². The summed E-state index contributed by atoms with van der Waals surface area (Å²) in [6.45, 7) is 3.92. The Morgan fingerprint density at radius 3 is 2.62 bits per heavy atom. The van der Waals surface area contributed by atoms with Crippen molar-refractivity contribution in [1.82, 2.24) is 4.72 Å². The third-order valence-electron chi connectivity index (χ3n) is 2.85. The van der Waals surface area contributed by atoms with Gasteiger partial charge in [-0.1, -0.05) is 13.3 Å². The molecule has 0 fully saturated rings. The minimum Gasteiger partial charge on any atom is -0.482 e.